The summed E-state index contributed by atoms with van der Waals surface area (Å²) in [5.41, 5.74) is 1.01. The van der Waals surface area contributed by atoms with Crippen molar-refractivity contribution in [3.63, 3.8) is 0 Å². The molecule has 0 saturated heterocycles. The first-order valence-electron chi connectivity index (χ1n) is 7.61. The second-order valence-electron chi connectivity index (χ2n) is 5.70. The molecule has 1 aromatic rings. The Balaban J connectivity index is 2.50. The van der Waals surface area contributed by atoms with Gasteiger partial charge in [0.2, 0.25) is 17.7 Å². The maximum atomic E-state index is 11.9. The van der Waals surface area contributed by atoms with Crippen LogP contribution in [0.15, 0.2) is 30.3 Å². The highest BCUT2D eigenvalue weighted by molar-refractivity contribution is 5.87. The Labute approximate surface area is 137 Å². The summed E-state index contributed by atoms with van der Waals surface area (Å²) in [5, 5.41) is 2.65. The average Bonchev–Trinajstić information content (AvgIpc) is 2.51. The van der Waals surface area contributed by atoms with Gasteiger partial charge in [0, 0.05) is 40.5 Å². The first kappa shape index (κ1) is 18.7. The van der Waals surface area contributed by atoms with E-state index < -0.39 is 6.04 Å². The SMILES string of the molecule is CC(=O)N(CCC(=O)N[C@H](C)C(=O)N(C)C)Cc1ccccc1. The highest BCUT2D eigenvalue weighted by Gasteiger charge is 2.18. The summed E-state index contributed by atoms with van der Waals surface area (Å²) >= 11 is 0. The molecule has 0 radical (unpaired) electrons. The smallest absolute Gasteiger partial charge is 0.244 e. The van der Waals surface area contributed by atoms with E-state index in [0.29, 0.717) is 13.1 Å². The second kappa shape index (κ2) is 8.92. The van der Waals surface area contributed by atoms with Crippen molar-refractivity contribution in [2.75, 3.05) is 20.6 Å². The Hall–Kier alpha value is -2.37. The summed E-state index contributed by atoms with van der Waals surface area (Å²) < 4.78 is 0. The van der Waals surface area contributed by atoms with Gasteiger partial charge in [0.15, 0.2) is 0 Å². The molecule has 0 heterocycles. The second-order valence-corrected chi connectivity index (χ2v) is 5.70. The summed E-state index contributed by atoms with van der Waals surface area (Å²) in [4.78, 5) is 38.4. The lowest BCUT2D eigenvalue weighted by molar-refractivity contribution is -0.134. The molecule has 126 valence electrons. The van der Waals surface area contributed by atoms with Crippen molar-refractivity contribution in [3.05, 3.63) is 35.9 Å². The number of likely N-dealkylation sites (N-methyl/N-ethyl adjacent to an activating group) is 1. The van der Waals surface area contributed by atoms with Gasteiger partial charge in [0.25, 0.3) is 0 Å². The van der Waals surface area contributed by atoms with Crippen molar-refractivity contribution in [1.29, 1.82) is 0 Å². The number of hydrogen-bond donors (Lipinski definition) is 1. The van der Waals surface area contributed by atoms with Crippen LogP contribution in [-0.4, -0.2) is 54.2 Å². The number of carbonyl (C=O) groups is 3. The molecule has 6 nitrogen and oxygen atoms in total. The van der Waals surface area contributed by atoms with E-state index in [-0.39, 0.29) is 24.1 Å². The molecule has 0 bridgehead atoms. The molecule has 0 spiro atoms. The predicted molar refractivity (Wildman–Crippen MR) is 88.4 cm³/mol. The normalized spacial score (nSPS) is 11.5. The molecule has 0 saturated carbocycles. The third-order valence-electron chi connectivity index (χ3n) is 3.46. The molecule has 1 atom stereocenters. The maximum Gasteiger partial charge on any atom is 0.244 e. The lowest BCUT2D eigenvalue weighted by atomic mass is 10.2. The van der Waals surface area contributed by atoms with Gasteiger partial charge in [0.1, 0.15) is 6.04 Å². The van der Waals surface area contributed by atoms with Crippen molar-refractivity contribution in [2.24, 2.45) is 0 Å². The van der Waals surface area contributed by atoms with E-state index in [2.05, 4.69) is 5.32 Å². The third-order valence-corrected chi connectivity index (χ3v) is 3.46. The van der Waals surface area contributed by atoms with E-state index in [9.17, 15) is 14.4 Å². The quantitative estimate of drug-likeness (QED) is 0.816. The summed E-state index contributed by atoms with van der Waals surface area (Å²) in [6, 6.07) is 9.04. The molecular formula is C17H25N3O3. The van der Waals surface area contributed by atoms with E-state index in [0.717, 1.165) is 5.56 Å². The van der Waals surface area contributed by atoms with E-state index in [1.807, 2.05) is 30.3 Å². The average molecular weight is 319 g/mol. The molecular weight excluding hydrogens is 294 g/mol. The van der Waals surface area contributed by atoms with Crippen molar-refractivity contribution < 1.29 is 14.4 Å². The zero-order chi connectivity index (χ0) is 17.4. The molecule has 1 rings (SSSR count). The Kier molecular flexibility index (Phi) is 7.25. The van der Waals surface area contributed by atoms with Crippen molar-refractivity contribution in [2.45, 2.75) is 32.9 Å². The summed E-state index contributed by atoms with van der Waals surface area (Å²) in [6.45, 7) is 3.92. The van der Waals surface area contributed by atoms with Gasteiger partial charge < -0.3 is 15.1 Å². The molecule has 23 heavy (non-hydrogen) atoms. The monoisotopic (exact) mass is 319 g/mol. The van der Waals surface area contributed by atoms with E-state index in [1.54, 1.807) is 25.9 Å². The number of nitrogens with one attached hydrogen (secondary N) is 1. The topological polar surface area (TPSA) is 69.7 Å². The van der Waals surface area contributed by atoms with E-state index >= 15 is 0 Å². The largest absolute Gasteiger partial charge is 0.347 e. The Morgan fingerprint density at radius 2 is 1.74 bits per heavy atom. The summed E-state index contributed by atoms with van der Waals surface area (Å²) in [5.74, 6) is -0.489. The van der Waals surface area contributed by atoms with Crippen LogP contribution in [0.4, 0.5) is 0 Å². The number of hydrogen-bond acceptors (Lipinski definition) is 3. The minimum Gasteiger partial charge on any atom is -0.347 e. The summed E-state index contributed by atoms with van der Waals surface area (Å²) in [7, 11) is 3.28. The van der Waals surface area contributed by atoms with Gasteiger partial charge in [-0.15, -0.1) is 0 Å². The maximum absolute atomic E-state index is 11.9. The molecule has 0 aliphatic heterocycles. The van der Waals surface area contributed by atoms with Crippen LogP contribution in [0.3, 0.4) is 0 Å². The van der Waals surface area contributed by atoms with Crippen LogP contribution < -0.4 is 5.32 Å². The number of nitrogens with zero attached hydrogens (tertiary/aromatic N) is 2. The van der Waals surface area contributed by atoms with Gasteiger partial charge >= 0.3 is 0 Å². The Morgan fingerprint density at radius 1 is 1.13 bits per heavy atom. The van der Waals surface area contributed by atoms with Crippen molar-refractivity contribution in [1.82, 2.24) is 15.1 Å². The van der Waals surface area contributed by atoms with Crippen molar-refractivity contribution >= 4 is 17.7 Å². The number of amides is 3. The minimum absolute atomic E-state index is 0.0842. The van der Waals surface area contributed by atoms with Crippen LogP contribution >= 0.6 is 0 Å². The van der Waals surface area contributed by atoms with Gasteiger partial charge in [0.05, 0.1) is 0 Å². The first-order valence-corrected chi connectivity index (χ1v) is 7.61. The standard InChI is InChI=1S/C17H25N3O3/c1-13(17(23)19(3)4)18-16(22)10-11-20(14(2)21)12-15-8-6-5-7-9-15/h5-9,13H,10-12H2,1-4H3,(H,18,22)/t13-/m1/s1. The van der Waals surface area contributed by atoms with Gasteiger partial charge in [-0.2, -0.15) is 0 Å². The highest BCUT2D eigenvalue weighted by atomic mass is 16.2. The molecule has 0 unspecified atom stereocenters. The van der Waals surface area contributed by atoms with Crippen LogP contribution in [0.2, 0.25) is 0 Å². The zero-order valence-corrected chi connectivity index (χ0v) is 14.2. The Bertz CT molecular complexity index is 543. The van der Waals surface area contributed by atoms with Crippen molar-refractivity contribution in [3.8, 4) is 0 Å². The predicted octanol–water partition coefficient (Wildman–Crippen LogP) is 1.02. The van der Waals surface area contributed by atoms with E-state index in [4.69, 9.17) is 0 Å². The molecule has 0 aliphatic carbocycles. The van der Waals surface area contributed by atoms with Crippen LogP contribution in [0.1, 0.15) is 25.8 Å². The third kappa shape index (κ3) is 6.50. The van der Waals surface area contributed by atoms with Gasteiger partial charge in [-0.1, -0.05) is 30.3 Å². The number of carbonyl (C=O) groups excluding carboxylic acids is 3. The lowest BCUT2D eigenvalue weighted by Crippen LogP contribution is -2.45. The zero-order valence-electron chi connectivity index (χ0n) is 14.2. The minimum atomic E-state index is -0.572. The van der Waals surface area contributed by atoms with Crippen LogP contribution in [-0.2, 0) is 20.9 Å². The molecule has 0 aliphatic rings. The fraction of sp³-hybridized carbons (Fsp3) is 0.471. The van der Waals surface area contributed by atoms with Crippen LogP contribution in [0.25, 0.3) is 0 Å². The fourth-order valence-electron chi connectivity index (χ4n) is 2.15. The molecule has 1 aromatic carbocycles. The fourth-order valence-corrected chi connectivity index (χ4v) is 2.15. The van der Waals surface area contributed by atoms with E-state index in [1.165, 1.54) is 11.8 Å². The van der Waals surface area contributed by atoms with Crippen LogP contribution in [0.5, 0.6) is 0 Å². The number of rotatable bonds is 7. The molecule has 3 amide bonds. The molecule has 6 heteroatoms. The van der Waals surface area contributed by atoms with Gasteiger partial charge in [-0.25, -0.2) is 0 Å². The first-order chi connectivity index (χ1) is 10.8. The van der Waals surface area contributed by atoms with Crippen LogP contribution in [0, 0.1) is 0 Å². The summed E-state index contributed by atoms with van der Waals surface area (Å²) in [6.07, 6.45) is 0.164. The lowest BCUT2D eigenvalue weighted by Gasteiger charge is -2.22. The molecule has 0 aromatic heterocycles. The number of benzene rings is 1. The van der Waals surface area contributed by atoms with Gasteiger partial charge in [-0.05, 0) is 12.5 Å². The molecule has 0 fully saturated rings. The van der Waals surface area contributed by atoms with Gasteiger partial charge in [-0.3, -0.25) is 14.4 Å². The molecule has 1 N–H and O–H groups in total. The Morgan fingerprint density at radius 3 is 2.26 bits per heavy atom. The highest BCUT2D eigenvalue weighted by Crippen LogP contribution is 2.05.